The first kappa shape index (κ1) is 11.1. The fraction of sp³-hybridized carbons (Fsp3) is 0.385. The quantitative estimate of drug-likeness (QED) is 0.764. The number of hydrogen-bond acceptors (Lipinski definition) is 2. The third-order valence-corrected chi connectivity index (χ3v) is 3.68. The van der Waals surface area contributed by atoms with Gasteiger partial charge in [0.25, 0.3) is 0 Å². The van der Waals surface area contributed by atoms with Crippen molar-refractivity contribution < 1.29 is 4.79 Å². The molecule has 5 nitrogen and oxygen atoms in total. The molecule has 1 saturated heterocycles. The van der Waals surface area contributed by atoms with Crippen molar-refractivity contribution in [2.45, 2.75) is 6.04 Å². The number of rotatable bonds is 1. The van der Waals surface area contributed by atoms with Crippen molar-refractivity contribution in [3.05, 3.63) is 30.1 Å². The molecule has 1 aliphatic rings. The summed E-state index contributed by atoms with van der Waals surface area (Å²) in [6.07, 6.45) is 1.81. The van der Waals surface area contributed by atoms with Crippen molar-refractivity contribution in [1.29, 1.82) is 0 Å². The summed E-state index contributed by atoms with van der Waals surface area (Å²) >= 11 is 0. The lowest BCUT2D eigenvalue weighted by molar-refractivity contribution is 0.201. The lowest BCUT2D eigenvalue weighted by Gasteiger charge is -2.18. The van der Waals surface area contributed by atoms with E-state index in [1.807, 2.05) is 32.0 Å². The van der Waals surface area contributed by atoms with E-state index in [-0.39, 0.29) is 12.1 Å². The van der Waals surface area contributed by atoms with Crippen molar-refractivity contribution in [3.8, 4) is 0 Å². The number of urea groups is 1. The van der Waals surface area contributed by atoms with E-state index in [4.69, 9.17) is 0 Å². The second kappa shape index (κ2) is 3.73. The maximum atomic E-state index is 11.8. The monoisotopic (exact) mass is 244 g/mol. The van der Waals surface area contributed by atoms with Gasteiger partial charge in [0.2, 0.25) is 0 Å². The summed E-state index contributed by atoms with van der Waals surface area (Å²) < 4.78 is 1.99. The number of benzene rings is 1. The maximum Gasteiger partial charge on any atom is 0.320 e. The number of aromatic nitrogens is 2. The molecule has 2 heterocycles. The van der Waals surface area contributed by atoms with Crippen LogP contribution in [0, 0.1) is 0 Å². The number of fused-ring (bicyclic) bond motifs is 1. The summed E-state index contributed by atoms with van der Waals surface area (Å²) in [7, 11) is 5.66. The van der Waals surface area contributed by atoms with E-state index in [9.17, 15) is 4.79 Å². The highest BCUT2D eigenvalue weighted by Gasteiger charge is 2.33. The Balaban J connectivity index is 2.02. The van der Waals surface area contributed by atoms with Crippen molar-refractivity contribution in [1.82, 2.24) is 19.4 Å². The summed E-state index contributed by atoms with van der Waals surface area (Å²) in [4.78, 5) is 19.7. The first-order chi connectivity index (χ1) is 8.58. The van der Waals surface area contributed by atoms with Crippen LogP contribution in [0.4, 0.5) is 4.79 Å². The molecule has 0 radical (unpaired) electrons. The van der Waals surface area contributed by atoms with E-state index >= 15 is 0 Å². The molecule has 2 amide bonds. The van der Waals surface area contributed by atoms with Gasteiger partial charge in [-0.3, -0.25) is 0 Å². The zero-order chi connectivity index (χ0) is 12.9. The smallest absolute Gasteiger partial charge is 0.320 e. The minimum Gasteiger partial charge on any atom is -0.334 e. The molecular formula is C13H16N4O. The van der Waals surface area contributed by atoms with Crippen molar-refractivity contribution in [3.63, 3.8) is 0 Å². The Labute approximate surface area is 106 Å². The van der Waals surface area contributed by atoms with Gasteiger partial charge in [0.15, 0.2) is 0 Å². The van der Waals surface area contributed by atoms with Crippen LogP contribution in [-0.2, 0) is 7.05 Å². The van der Waals surface area contributed by atoms with Gasteiger partial charge in [-0.15, -0.1) is 0 Å². The minimum absolute atomic E-state index is 0.0705. The zero-order valence-electron chi connectivity index (χ0n) is 10.8. The molecule has 1 unspecified atom stereocenters. The summed E-state index contributed by atoms with van der Waals surface area (Å²) in [5, 5.41) is 0. The molecule has 5 heteroatoms. The first-order valence-electron chi connectivity index (χ1n) is 5.97. The average Bonchev–Trinajstić information content (AvgIpc) is 2.85. The number of carbonyl (C=O) groups excluding carboxylic acids is 1. The van der Waals surface area contributed by atoms with Gasteiger partial charge in [-0.05, 0) is 17.7 Å². The molecular weight excluding hydrogens is 228 g/mol. The number of hydrogen-bond donors (Lipinski definition) is 0. The summed E-state index contributed by atoms with van der Waals surface area (Å²) in [5.74, 6) is 0. The Morgan fingerprint density at radius 3 is 2.72 bits per heavy atom. The van der Waals surface area contributed by atoms with Gasteiger partial charge in [-0.2, -0.15) is 0 Å². The summed E-state index contributed by atoms with van der Waals surface area (Å²) in [6.45, 7) is 0.730. The molecule has 2 aromatic rings. The molecule has 0 bridgehead atoms. The fourth-order valence-corrected chi connectivity index (χ4v) is 2.55. The van der Waals surface area contributed by atoms with Crippen LogP contribution in [0.3, 0.4) is 0 Å². The fourth-order valence-electron chi connectivity index (χ4n) is 2.55. The Hall–Kier alpha value is -2.04. The predicted molar refractivity (Wildman–Crippen MR) is 69.2 cm³/mol. The molecule has 1 atom stereocenters. The number of carbonyl (C=O) groups is 1. The van der Waals surface area contributed by atoms with Crippen LogP contribution in [0.1, 0.15) is 11.6 Å². The molecule has 0 aliphatic carbocycles. The second-order valence-electron chi connectivity index (χ2n) is 4.89. The van der Waals surface area contributed by atoms with E-state index in [0.717, 1.165) is 23.1 Å². The lowest BCUT2D eigenvalue weighted by Crippen LogP contribution is -2.26. The second-order valence-corrected chi connectivity index (χ2v) is 4.89. The van der Waals surface area contributed by atoms with Gasteiger partial charge in [0.05, 0.1) is 23.4 Å². The Morgan fingerprint density at radius 1 is 1.28 bits per heavy atom. The largest absolute Gasteiger partial charge is 0.334 e. The molecule has 0 spiro atoms. The Bertz CT molecular complexity index is 618. The van der Waals surface area contributed by atoms with E-state index in [1.54, 1.807) is 9.80 Å². The molecule has 0 saturated carbocycles. The van der Waals surface area contributed by atoms with Crippen LogP contribution >= 0.6 is 0 Å². The van der Waals surface area contributed by atoms with E-state index < -0.39 is 0 Å². The Kier molecular flexibility index (Phi) is 2.29. The molecule has 0 N–H and O–H groups in total. The van der Waals surface area contributed by atoms with Crippen LogP contribution in [-0.4, -0.2) is 46.0 Å². The molecule has 1 aliphatic heterocycles. The van der Waals surface area contributed by atoms with E-state index in [1.165, 1.54) is 0 Å². The molecule has 18 heavy (non-hydrogen) atoms. The molecule has 3 rings (SSSR count). The van der Waals surface area contributed by atoms with Gasteiger partial charge >= 0.3 is 6.03 Å². The number of likely N-dealkylation sites (N-methyl/N-ethyl adjacent to an activating group) is 2. The van der Waals surface area contributed by atoms with Crippen LogP contribution < -0.4 is 0 Å². The average molecular weight is 244 g/mol. The van der Waals surface area contributed by atoms with Crippen LogP contribution in [0.2, 0.25) is 0 Å². The standard InChI is InChI=1S/C13H16N4O/c1-15-7-12(17(3)13(15)18)9-4-5-11-10(6-9)14-8-16(11)2/h4-6,8,12H,7H2,1-3H3. The van der Waals surface area contributed by atoms with Gasteiger partial charge in [0, 0.05) is 27.7 Å². The predicted octanol–water partition coefficient (Wildman–Crippen LogP) is 1.61. The van der Waals surface area contributed by atoms with Crippen molar-refractivity contribution >= 4 is 17.1 Å². The number of imidazole rings is 1. The van der Waals surface area contributed by atoms with Gasteiger partial charge in [0.1, 0.15) is 0 Å². The van der Waals surface area contributed by atoms with Crippen LogP contribution in [0.25, 0.3) is 11.0 Å². The van der Waals surface area contributed by atoms with E-state index in [0.29, 0.717) is 0 Å². The Morgan fingerprint density at radius 2 is 2.06 bits per heavy atom. The van der Waals surface area contributed by atoms with Gasteiger partial charge in [-0.1, -0.05) is 6.07 Å². The third-order valence-electron chi connectivity index (χ3n) is 3.68. The van der Waals surface area contributed by atoms with Crippen molar-refractivity contribution in [2.75, 3.05) is 20.6 Å². The van der Waals surface area contributed by atoms with Gasteiger partial charge in [-0.25, -0.2) is 9.78 Å². The first-order valence-corrected chi connectivity index (χ1v) is 5.97. The molecule has 1 aromatic heterocycles. The zero-order valence-corrected chi connectivity index (χ0v) is 10.8. The van der Waals surface area contributed by atoms with Crippen molar-refractivity contribution in [2.24, 2.45) is 7.05 Å². The molecule has 94 valence electrons. The minimum atomic E-state index is 0.0705. The van der Waals surface area contributed by atoms with Gasteiger partial charge < -0.3 is 14.4 Å². The molecule has 1 aromatic carbocycles. The number of aryl methyl sites for hydroxylation is 1. The topological polar surface area (TPSA) is 41.4 Å². The lowest BCUT2D eigenvalue weighted by atomic mass is 10.1. The van der Waals surface area contributed by atoms with E-state index in [2.05, 4.69) is 23.2 Å². The van der Waals surface area contributed by atoms with Crippen LogP contribution in [0.5, 0.6) is 0 Å². The summed E-state index contributed by atoms with van der Waals surface area (Å²) in [5.41, 5.74) is 3.23. The van der Waals surface area contributed by atoms with Crippen LogP contribution in [0.15, 0.2) is 24.5 Å². The normalized spacial score (nSPS) is 20.2. The maximum absolute atomic E-state index is 11.8. The third kappa shape index (κ3) is 1.47. The highest BCUT2D eigenvalue weighted by atomic mass is 16.2. The highest BCUT2D eigenvalue weighted by Crippen LogP contribution is 2.28. The number of nitrogens with zero attached hydrogens (tertiary/aromatic N) is 4. The number of amides is 2. The SMILES string of the molecule is CN1CC(c2ccc3c(c2)ncn3C)N(C)C1=O. The summed E-state index contributed by atoms with van der Waals surface area (Å²) in [6, 6.07) is 6.41. The highest BCUT2D eigenvalue weighted by molar-refractivity contribution is 5.79. The molecule has 1 fully saturated rings.